The predicted molar refractivity (Wildman–Crippen MR) is 89.7 cm³/mol. The highest BCUT2D eigenvalue weighted by atomic mass is 16.1. The Morgan fingerprint density at radius 2 is 2.00 bits per heavy atom. The van der Waals surface area contributed by atoms with Crippen LogP contribution in [0.3, 0.4) is 0 Å². The summed E-state index contributed by atoms with van der Waals surface area (Å²) in [4.78, 5) is 14.8. The van der Waals surface area contributed by atoms with E-state index in [1.807, 2.05) is 0 Å². The second-order valence-electron chi connectivity index (χ2n) is 8.07. The summed E-state index contributed by atoms with van der Waals surface area (Å²) in [6.07, 6.45) is 8.41. The van der Waals surface area contributed by atoms with Crippen LogP contribution in [0.2, 0.25) is 0 Å². The summed E-state index contributed by atoms with van der Waals surface area (Å²) in [5.74, 6) is 1.67. The number of hydrogen-bond donors (Lipinski definition) is 2. The molecule has 1 amide bonds. The molecular formula is C18H33N3O. The van der Waals surface area contributed by atoms with Crippen LogP contribution in [-0.4, -0.2) is 48.6 Å². The van der Waals surface area contributed by atoms with Gasteiger partial charge in [-0.05, 0) is 63.8 Å². The fraction of sp³-hybridized carbons (Fsp3) is 0.944. The van der Waals surface area contributed by atoms with Gasteiger partial charge in [-0.25, -0.2) is 0 Å². The van der Waals surface area contributed by atoms with E-state index in [9.17, 15) is 4.79 Å². The molecule has 3 saturated heterocycles. The highest BCUT2D eigenvalue weighted by molar-refractivity contribution is 5.76. The predicted octanol–water partition coefficient (Wildman–Crippen LogP) is 2.14. The number of hydrogen-bond acceptors (Lipinski definition) is 3. The zero-order chi connectivity index (χ0) is 15.5. The molecule has 2 N–H and O–H groups in total. The molecule has 3 aliphatic rings. The summed E-state index contributed by atoms with van der Waals surface area (Å²) >= 11 is 0. The average molecular weight is 307 g/mol. The van der Waals surface area contributed by atoms with Crippen molar-refractivity contribution in [1.29, 1.82) is 0 Å². The highest BCUT2D eigenvalue weighted by Gasteiger charge is 2.34. The Kier molecular flexibility index (Phi) is 5.40. The average Bonchev–Trinajstić information content (AvgIpc) is 2.83. The standard InChI is InChI=1S/C18H33N3O/c1-13-4-3-7-21(12-13)14(2)11-19-18(22)10-15-8-16-5-6-17(9-15)20-16/h13-17,20H,3-12H2,1-2H3,(H,19,22). The lowest BCUT2D eigenvalue weighted by molar-refractivity contribution is -0.122. The van der Waals surface area contributed by atoms with Crippen molar-refractivity contribution in [1.82, 2.24) is 15.5 Å². The van der Waals surface area contributed by atoms with E-state index in [0.717, 1.165) is 18.9 Å². The van der Waals surface area contributed by atoms with Crippen molar-refractivity contribution in [3.05, 3.63) is 0 Å². The first-order valence-electron chi connectivity index (χ1n) is 9.37. The molecule has 4 heteroatoms. The van der Waals surface area contributed by atoms with Crippen LogP contribution in [-0.2, 0) is 4.79 Å². The van der Waals surface area contributed by atoms with Gasteiger partial charge in [-0.2, -0.15) is 0 Å². The minimum atomic E-state index is 0.267. The van der Waals surface area contributed by atoms with Crippen LogP contribution < -0.4 is 10.6 Å². The Bertz CT molecular complexity index is 375. The zero-order valence-corrected chi connectivity index (χ0v) is 14.3. The van der Waals surface area contributed by atoms with Gasteiger partial charge < -0.3 is 10.6 Å². The molecule has 22 heavy (non-hydrogen) atoms. The Hall–Kier alpha value is -0.610. The molecule has 4 atom stereocenters. The minimum absolute atomic E-state index is 0.267. The van der Waals surface area contributed by atoms with Gasteiger partial charge in [-0.15, -0.1) is 0 Å². The van der Waals surface area contributed by atoms with Crippen molar-refractivity contribution >= 4 is 5.91 Å². The van der Waals surface area contributed by atoms with Crippen LogP contribution in [0.25, 0.3) is 0 Å². The van der Waals surface area contributed by atoms with Crippen molar-refractivity contribution in [3.8, 4) is 0 Å². The molecule has 0 aliphatic carbocycles. The van der Waals surface area contributed by atoms with E-state index in [2.05, 4.69) is 29.4 Å². The third-order valence-electron chi connectivity index (χ3n) is 5.95. The van der Waals surface area contributed by atoms with Crippen LogP contribution in [0.15, 0.2) is 0 Å². The molecule has 4 nitrogen and oxygen atoms in total. The Morgan fingerprint density at radius 1 is 1.27 bits per heavy atom. The SMILES string of the molecule is CC1CCCN(C(C)CNC(=O)CC2CC3CCC(C2)N3)C1. The number of fused-ring (bicyclic) bond motifs is 2. The molecule has 3 heterocycles. The van der Waals surface area contributed by atoms with Crippen molar-refractivity contribution in [2.45, 2.75) is 76.9 Å². The Labute approximate surface area is 135 Å². The fourth-order valence-corrected chi connectivity index (χ4v) is 4.69. The molecule has 2 bridgehead atoms. The van der Waals surface area contributed by atoms with Gasteiger partial charge in [0, 0.05) is 37.6 Å². The van der Waals surface area contributed by atoms with Gasteiger partial charge in [0.2, 0.25) is 5.91 Å². The quantitative estimate of drug-likeness (QED) is 0.818. The minimum Gasteiger partial charge on any atom is -0.355 e. The van der Waals surface area contributed by atoms with Gasteiger partial charge >= 0.3 is 0 Å². The zero-order valence-electron chi connectivity index (χ0n) is 14.3. The molecule has 3 rings (SSSR count). The molecule has 126 valence electrons. The number of nitrogens with zero attached hydrogens (tertiary/aromatic N) is 1. The highest BCUT2D eigenvalue weighted by Crippen LogP contribution is 2.32. The van der Waals surface area contributed by atoms with Gasteiger partial charge in [-0.3, -0.25) is 9.69 Å². The monoisotopic (exact) mass is 307 g/mol. The van der Waals surface area contributed by atoms with Crippen LogP contribution >= 0.6 is 0 Å². The number of piperidine rings is 2. The molecule has 4 unspecified atom stereocenters. The summed E-state index contributed by atoms with van der Waals surface area (Å²) in [5.41, 5.74) is 0. The topological polar surface area (TPSA) is 44.4 Å². The number of rotatable bonds is 5. The van der Waals surface area contributed by atoms with Crippen molar-refractivity contribution < 1.29 is 4.79 Å². The summed E-state index contributed by atoms with van der Waals surface area (Å²) in [5, 5.41) is 6.84. The molecule has 0 radical (unpaired) electrons. The van der Waals surface area contributed by atoms with E-state index >= 15 is 0 Å². The molecule has 0 aromatic carbocycles. The van der Waals surface area contributed by atoms with Gasteiger partial charge in [0.15, 0.2) is 0 Å². The van der Waals surface area contributed by atoms with Gasteiger partial charge in [0.05, 0.1) is 0 Å². The second-order valence-corrected chi connectivity index (χ2v) is 8.07. The van der Waals surface area contributed by atoms with E-state index in [-0.39, 0.29) is 5.91 Å². The smallest absolute Gasteiger partial charge is 0.220 e. The van der Waals surface area contributed by atoms with Gasteiger partial charge in [0.1, 0.15) is 0 Å². The normalized spacial score (nSPS) is 37.0. The summed E-state index contributed by atoms with van der Waals surface area (Å²) in [7, 11) is 0. The second kappa shape index (κ2) is 7.31. The van der Waals surface area contributed by atoms with E-state index < -0.39 is 0 Å². The number of likely N-dealkylation sites (tertiary alicyclic amines) is 1. The third kappa shape index (κ3) is 4.23. The van der Waals surface area contributed by atoms with Crippen molar-refractivity contribution in [3.63, 3.8) is 0 Å². The Morgan fingerprint density at radius 3 is 2.68 bits per heavy atom. The molecule has 3 fully saturated rings. The molecular weight excluding hydrogens is 274 g/mol. The van der Waals surface area contributed by atoms with Gasteiger partial charge in [0.25, 0.3) is 0 Å². The fourth-order valence-electron chi connectivity index (χ4n) is 4.69. The van der Waals surface area contributed by atoms with E-state index in [4.69, 9.17) is 0 Å². The third-order valence-corrected chi connectivity index (χ3v) is 5.95. The Balaban J connectivity index is 1.37. The van der Waals surface area contributed by atoms with Crippen LogP contribution in [0.5, 0.6) is 0 Å². The van der Waals surface area contributed by atoms with Crippen molar-refractivity contribution in [2.75, 3.05) is 19.6 Å². The van der Waals surface area contributed by atoms with E-state index in [1.54, 1.807) is 0 Å². The molecule has 0 aromatic rings. The summed E-state index contributed by atoms with van der Waals surface area (Å²) < 4.78 is 0. The summed E-state index contributed by atoms with van der Waals surface area (Å²) in [6.45, 7) is 7.78. The molecule has 3 aliphatic heterocycles. The first kappa shape index (κ1) is 16.3. The lowest BCUT2D eigenvalue weighted by Crippen LogP contribution is -2.46. The van der Waals surface area contributed by atoms with Crippen molar-refractivity contribution in [2.24, 2.45) is 11.8 Å². The summed E-state index contributed by atoms with van der Waals surface area (Å²) in [6, 6.07) is 1.84. The van der Waals surface area contributed by atoms with Crippen LogP contribution in [0, 0.1) is 11.8 Å². The lowest BCUT2D eigenvalue weighted by atomic mass is 9.89. The lowest BCUT2D eigenvalue weighted by Gasteiger charge is -2.35. The first-order valence-corrected chi connectivity index (χ1v) is 9.37. The molecule has 0 saturated carbocycles. The van der Waals surface area contributed by atoms with Gasteiger partial charge in [-0.1, -0.05) is 6.92 Å². The maximum atomic E-state index is 12.2. The largest absolute Gasteiger partial charge is 0.355 e. The number of carbonyl (C=O) groups excluding carboxylic acids is 1. The maximum absolute atomic E-state index is 12.2. The van der Waals surface area contributed by atoms with E-state index in [0.29, 0.717) is 24.0 Å². The van der Waals surface area contributed by atoms with E-state index in [1.165, 1.54) is 51.6 Å². The molecule has 0 spiro atoms. The number of carbonyl (C=O) groups is 1. The van der Waals surface area contributed by atoms with Crippen LogP contribution in [0.1, 0.15) is 58.8 Å². The number of amides is 1. The molecule has 0 aromatic heterocycles. The first-order chi connectivity index (χ1) is 10.6. The van der Waals surface area contributed by atoms with Crippen LogP contribution in [0.4, 0.5) is 0 Å². The maximum Gasteiger partial charge on any atom is 0.220 e. The number of nitrogens with one attached hydrogen (secondary N) is 2.